The third-order valence-corrected chi connectivity index (χ3v) is 2.10. The Balaban J connectivity index is 2.48. The first-order chi connectivity index (χ1) is 7.37. The van der Waals surface area contributed by atoms with Crippen LogP contribution in [-0.4, -0.2) is 20.6 Å². The van der Waals surface area contributed by atoms with E-state index >= 15 is 0 Å². The Bertz CT molecular complexity index is 458. The fourth-order valence-corrected chi connectivity index (χ4v) is 1.25. The zero-order valence-corrected chi connectivity index (χ0v) is 9.74. The molecule has 6 nitrogen and oxygen atoms in total. The third kappa shape index (κ3) is 4.94. The molecular weight excluding hydrogens is 236 g/mol. The van der Waals surface area contributed by atoms with Crippen LogP contribution >= 0.6 is 0 Å². The average Bonchev–Trinajstić information content (AvgIpc) is 2.58. The monoisotopic (exact) mass is 248 g/mol. The van der Waals surface area contributed by atoms with Crippen LogP contribution in [0, 0.1) is 0 Å². The molecule has 0 N–H and O–H groups in total. The van der Waals surface area contributed by atoms with Crippen molar-refractivity contribution in [2.75, 3.05) is 6.26 Å². The minimum Gasteiger partial charge on any atom is -0.460 e. The Morgan fingerprint density at radius 2 is 1.88 bits per heavy atom. The molecule has 0 fully saturated rings. The lowest BCUT2D eigenvalue weighted by Crippen LogP contribution is -2.01. The van der Waals surface area contributed by atoms with E-state index in [1.807, 2.05) is 0 Å². The zero-order valence-electron chi connectivity index (χ0n) is 8.93. The third-order valence-electron chi connectivity index (χ3n) is 1.55. The Kier molecular flexibility index (Phi) is 4.08. The minimum atomic E-state index is -3.48. The number of carbonyl (C=O) groups is 1. The van der Waals surface area contributed by atoms with Crippen LogP contribution in [0.25, 0.3) is 0 Å². The van der Waals surface area contributed by atoms with Gasteiger partial charge >= 0.3 is 5.97 Å². The molecule has 90 valence electrons. The summed E-state index contributed by atoms with van der Waals surface area (Å²) in [6.45, 7) is 1.14. The summed E-state index contributed by atoms with van der Waals surface area (Å²) in [5, 5.41) is 0. The Morgan fingerprint density at radius 1 is 1.31 bits per heavy atom. The number of hydrogen-bond acceptors (Lipinski definition) is 6. The van der Waals surface area contributed by atoms with Gasteiger partial charge in [-0.1, -0.05) is 0 Å². The van der Waals surface area contributed by atoms with E-state index in [1.165, 1.54) is 6.92 Å². The highest BCUT2D eigenvalue weighted by molar-refractivity contribution is 7.85. The summed E-state index contributed by atoms with van der Waals surface area (Å²) in [5.74, 6) is 0.375. The molecule has 0 aliphatic carbocycles. The predicted molar refractivity (Wildman–Crippen MR) is 53.8 cm³/mol. The van der Waals surface area contributed by atoms with Crippen LogP contribution in [0.1, 0.15) is 18.4 Å². The van der Waals surface area contributed by atoms with Crippen molar-refractivity contribution in [3.63, 3.8) is 0 Å². The van der Waals surface area contributed by atoms with Crippen molar-refractivity contribution in [3.8, 4) is 0 Å². The number of esters is 1. The molecule has 1 rings (SSSR count). The lowest BCUT2D eigenvalue weighted by Gasteiger charge is -1.99. The molecule has 16 heavy (non-hydrogen) atoms. The maximum atomic E-state index is 10.7. The van der Waals surface area contributed by atoms with Crippen molar-refractivity contribution >= 4 is 16.1 Å². The zero-order chi connectivity index (χ0) is 12.2. The van der Waals surface area contributed by atoms with Gasteiger partial charge in [-0.2, -0.15) is 8.42 Å². The van der Waals surface area contributed by atoms with Crippen LogP contribution in [0.5, 0.6) is 0 Å². The maximum absolute atomic E-state index is 10.7. The molecule has 0 saturated heterocycles. The SMILES string of the molecule is CC(=O)OCc1ccc(COS(C)(=O)=O)o1. The molecule has 0 unspecified atom stereocenters. The second-order valence-electron chi connectivity index (χ2n) is 3.11. The Hall–Kier alpha value is -1.34. The van der Waals surface area contributed by atoms with Gasteiger partial charge < -0.3 is 9.15 Å². The van der Waals surface area contributed by atoms with Crippen molar-refractivity contribution in [2.24, 2.45) is 0 Å². The lowest BCUT2D eigenvalue weighted by molar-refractivity contribution is -0.142. The molecule has 0 atom stereocenters. The first-order valence-electron chi connectivity index (χ1n) is 4.42. The van der Waals surface area contributed by atoms with E-state index in [0.29, 0.717) is 11.5 Å². The summed E-state index contributed by atoms with van der Waals surface area (Å²) in [7, 11) is -3.48. The van der Waals surface area contributed by atoms with Crippen LogP contribution in [0.2, 0.25) is 0 Å². The molecular formula is C9H12O6S. The van der Waals surface area contributed by atoms with E-state index in [4.69, 9.17) is 9.15 Å². The highest BCUT2D eigenvalue weighted by atomic mass is 32.2. The topological polar surface area (TPSA) is 82.8 Å². The van der Waals surface area contributed by atoms with E-state index in [-0.39, 0.29) is 13.2 Å². The van der Waals surface area contributed by atoms with Gasteiger partial charge in [-0.15, -0.1) is 0 Å². The van der Waals surface area contributed by atoms with Crippen LogP contribution in [0.15, 0.2) is 16.5 Å². The van der Waals surface area contributed by atoms with Crippen LogP contribution in [0.4, 0.5) is 0 Å². The number of carbonyl (C=O) groups excluding carboxylic acids is 1. The minimum absolute atomic E-state index is 0.0220. The molecule has 0 bridgehead atoms. The summed E-state index contributed by atoms with van der Waals surface area (Å²) in [5.41, 5.74) is 0. The Morgan fingerprint density at radius 3 is 2.38 bits per heavy atom. The van der Waals surface area contributed by atoms with E-state index in [9.17, 15) is 13.2 Å². The molecule has 1 heterocycles. The maximum Gasteiger partial charge on any atom is 0.303 e. The molecule has 7 heteroatoms. The summed E-state index contributed by atoms with van der Waals surface area (Å²) < 4.78 is 35.8. The number of hydrogen-bond donors (Lipinski definition) is 0. The fraction of sp³-hybridized carbons (Fsp3) is 0.444. The van der Waals surface area contributed by atoms with Crippen molar-refractivity contribution in [2.45, 2.75) is 20.1 Å². The molecule has 0 aliphatic heterocycles. The van der Waals surface area contributed by atoms with Gasteiger partial charge in [0.1, 0.15) is 24.7 Å². The van der Waals surface area contributed by atoms with Gasteiger partial charge in [-0.05, 0) is 12.1 Å². The molecule has 0 amide bonds. The molecule has 0 aromatic carbocycles. The van der Waals surface area contributed by atoms with Gasteiger partial charge in [0.25, 0.3) is 10.1 Å². The van der Waals surface area contributed by atoms with Crippen LogP contribution in [-0.2, 0) is 37.0 Å². The highest BCUT2D eigenvalue weighted by Crippen LogP contribution is 2.11. The van der Waals surface area contributed by atoms with E-state index in [2.05, 4.69) is 4.18 Å². The molecule has 0 spiro atoms. The molecule has 1 aromatic heterocycles. The van der Waals surface area contributed by atoms with Gasteiger partial charge in [0.05, 0.1) is 6.26 Å². The second-order valence-corrected chi connectivity index (χ2v) is 4.76. The first-order valence-corrected chi connectivity index (χ1v) is 6.24. The summed E-state index contributed by atoms with van der Waals surface area (Å²) in [4.78, 5) is 10.5. The normalized spacial score (nSPS) is 11.4. The summed E-state index contributed by atoms with van der Waals surface area (Å²) in [6, 6.07) is 3.15. The quantitative estimate of drug-likeness (QED) is 0.566. The van der Waals surface area contributed by atoms with Gasteiger partial charge in [-0.25, -0.2) is 0 Å². The predicted octanol–water partition coefficient (Wildman–Crippen LogP) is 0.819. The van der Waals surface area contributed by atoms with Gasteiger partial charge in [0, 0.05) is 6.92 Å². The summed E-state index contributed by atoms with van der Waals surface area (Å²) in [6.07, 6.45) is 0.954. The van der Waals surface area contributed by atoms with Gasteiger partial charge in [-0.3, -0.25) is 8.98 Å². The second kappa shape index (κ2) is 5.13. The lowest BCUT2D eigenvalue weighted by atomic mass is 10.4. The molecule has 0 saturated carbocycles. The van der Waals surface area contributed by atoms with Crippen LogP contribution in [0.3, 0.4) is 0 Å². The fourth-order valence-electron chi connectivity index (χ4n) is 0.915. The van der Waals surface area contributed by atoms with Crippen molar-refractivity contribution in [1.29, 1.82) is 0 Å². The smallest absolute Gasteiger partial charge is 0.303 e. The standard InChI is InChI=1S/C9H12O6S/c1-7(10)13-5-8-3-4-9(15-8)6-14-16(2,11)12/h3-4H,5-6H2,1-2H3. The first kappa shape index (κ1) is 12.7. The van der Waals surface area contributed by atoms with Crippen LogP contribution < -0.4 is 0 Å². The summed E-state index contributed by atoms with van der Waals surface area (Å²) >= 11 is 0. The molecule has 0 radical (unpaired) electrons. The van der Waals surface area contributed by atoms with Gasteiger partial charge in [0.15, 0.2) is 0 Å². The Labute approximate surface area is 93.3 Å². The molecule has 0 aliphatic rings. The van der Waals surface area contributed by atoms with Crippen molar-refractivity contribution in [3.05, 3.63) is 23.7 Å². The van der Waals surface area contributed by atoms with E-state index in [0.717, 1.165) is 6.26 Å². The number of rotatable bonds is 5. The highest BCUT2D eigenvalue weighted by Gasteiger charge is 2.07. The molecule has 1 aromatic rings. The largest absolute Gasteiger partial charge is 0.460 e. The van der Waals surface area contributed by atoms with Gasteiger partial charge in [0.2, 0.25) is 0 Å². The van der Waals surface area contributed by atoms with E-state index < -0.39 is 16.1 Å². The van der Waals surface area contributed by atoms with E-state index in [1.54, 1.807) is 12.1 Å². The number of ether oxygens (including phenoxy) is 1. The average molecular weight is 248 g/mol. The van der Waals surface area contributed by atoms with Crippen molar-refractivity contribution < 1.29 is 26.5 Å². The van der Waals surface area contributed by atoms with Crippen molar-refractivity contribution in [1.82, 2.24) is 0 Å². The number of furan rings is 1.